The zero-order valence-electron chi connectivity index (χ0n) is 8.08. The minimum Gasteiger partial charge on any atom is -0.306 e. The average Bonchev–Trinajstić information content (AvgIpc) is 2.75. The molecule has 0 spiro atoms. The highest BCUT2D eigenvalue weighted by Gasteiger charge is 2.08. The van der Waals surface area contributed by atoms with Gasteiger partial charge >= 0.3 is 0 Å². The normalized spacial score (nSPS) is 10.5. The number of halogens is 1. The third-order valence-corrected chi connectivity index (χ3v) is 3.56. The van der Waals surface area contributed by atoms with Gasteiger partial charge in [0.05, 0.1) is 5.69 Å². The fourth-order valence-electron chi connectivity index (χ4n) is 1.28. The lowest BCUT2D eigenvalue weighted by Crippen LogP contribution is -2.12. The van der Waals surface area contributed by atoms with E-state index in [1.807, 2.05) is 23.8 Å². The van der Waals surface area contributed by atoms with Crippen LogP contribution in [0.4, 0.5) is 0 Å². The van der Waals surface area contributed by atoms with Gasteiger partial charge in [0.15, 0.2) is 0 Å². The molecule has 0 radical (unpaired) electrons. The van der Waals surface area contributed by atoms with Crippen LogP contribution >= 0.6 is 27.3 Å². The molecule has 0 saturated heterocycles. The second kappa shape index (κ2) is 4.28. The molecule has 3 nitrogen and oxygen atoms in total. The Balaban J connectivity index is 2.61. The van der Waals surface area contributed by atoms with Crippen molar-refractivity contribution in [2.45, 2.75) is 13.3 Å². The van der Waals surface area contributed by atoms with Crippen LogP contribution < -0.4 is 5.56 Å². The van der Waals surface area contributed by atoms with Crippen LogP contribution in [-0.2, 0) is 6.42 Å². The van der Waals surface area contributed by atoms with Crippen molar-refractivity contribution in [1.82, 2.24) is 9.97 Å². The molecule has 15 heavy (non-hydrogen) atoms. The predicted molar refractivity (Wildman–Crippen MR) is 65.2 cm³/mol. The van der Waals surface area contributed by atoms with Gasteiger partial charge in [-0.25, -0.2) is 4.98 Å². The second-order valence-electron chi connectivity index (χ2n) is 3.04. The first-order valence-corrected chi connectivity index (χ1v) is 6.27. The maximum Gasteiger partial charge on any atom is 0.265 e. The summed E-state index contributed by atoms with van der Waals surface area (Å²) >= 11 is 4.82. The summed E-state index contributed by atoms with van der Waals surface area (Å²) in [7, 11) is 0. The summed E-state index contributed by atoms with van der Waals surface area (Å²) in [5.41, 5.74) is 1.63. The standard InChI is InChI=1S/C10H9BrN2OS/c1-2-7-8(11)10(14)13-9(12-7)6-3-4-15-5-6/h3-5H,2H2,1H3,(H,12,13,14). The Hall–Kier alpha value is -0.940. The zero-order valence-corrected chi connectivity index (χ0v) is 10.5. The molecule has 0 unspecified atom stereocenters. The Kier molecular flexibility index (Phi) is 3.02. The van der Waals surface area contributed by atoms with E-state index in [-0.39, 0.29) is 5.56 Å². The van der Waals surface area contributed by atoms with Gasteiger partial charge < -0.3 is 4.98 Å². The Labute approximate surface area is 99.3 Å². The van der Waals surface area contributed by atoms with Gasteiger partial charge in [-0.05, 0) is 33.8 Å². The van der Waals surface area contributed by atoms with Crippen molar-refractivity contribution in [3.8, 4) is 11.4 Å². The molecule has 2 rings (SSSR count). The van der Waals surface area contributed by atoms with Crippen molar-refractivity contribution in [2.24, 2.45) is 0 Å². The highest BCUT2D eigenvalue weighted by Crippen LogP contribution is 2.19. The van der Waals surface area contributed by atoms with Gasteiger partial charge in [-0.3, -0.25) is 4.79 Å². The lowest BCUT2D eigenvalue weighted by molar-refractivity contribution is 0.971. The molecule has 1 N–H and O–H groups in total. The Morgan fingerprint density at radius 2 is 2.40 bits per heavy atom. The number of rotatable bonds is 2. The molecule has 2 aromatic heterocycles. The molecule has 0 fully saturated rings. The number of aromatic nitrogens is 2. The van der Waals surface area contributed by atoms with Gasteiger partial charge in [-0.1, -0.05) is 6.92 Å². The summed E-state index contributed by atoms with van der Waals surface area (Å²) in [5, 5.41) is 3.93. The third-order valence-electron chi connectivity index (χ3n) is 2.06. The molecule has 78 valence electrons. The molecule has 0 saturated carbocycles. The molecule has 0 atom stereocenters. The van der Waals surface area contributed by atoms with Gasteiger partial charge in [0.25, 0.3) is 5.56 Å². The molecule has 2 heterocycles. The fraction of sp³-hybridized carbons (Fsp3) is 0.200. The number of hydrogen-bond acceptors (Lipinski definition) is 3. The van der Waals surface area contributed by atoms with Gasteiger partial charge in [-0.2, -0.15) is 11.3 Å². The molecule has 5 heteroatoms. The molecule has 2 aromatic rings. The number of aromatic amines is 1. The number of aryl methyl sites for hydroxylation is 1. The van der Waals surface area contributed by atoms with E-state index in [1.165, 1.54) is 0 Å². The molecular weight excluding hydrogens is 276 g/mol. The van der Waals surface area contributed by atoms with Crippen LogP contribution in [-0.4, -0.2) is 9.97 Å². The number of nitrogens with zero attached hydrogens (tertiary/aromatic N) is 1. The van der Waals surface area contributed by atoms with Gasteiger partial charge in [0.2, 0.25) is 0 Å². The second-order valence-corrected chi connectivity index (χ2v) is 4.61. The monoisotopic (exact) mass is 284 g/mol. The zero-order chi connectivity index (χ0) is 10.8. The largest absolute Gasteiger partial charge is 0.306 e. The molecule has 0 aromatic carbocycles. The van der Waals surface area contributed by atoms with Gasteiger partial charge in [0, 0.05) is 10.9 Å². The van der Waals surface area contributed by atoms with E-state index in [2.05, 4.69) is 25.9 Å². The summed E-state index contributed by atoms with van der Waals surface area (Å²) in [6.07, 6.45) is 0.738. The number of nitrogens with one attached hydrogen (secondary N) is 1. The maximum absolute atomic E-state index is 11.6. The molecule has 0 aliphatic carbocycles. The Bertz CT molecular complexity index is 519. The Morgan fingerprint density at radius 3 is 3.00 bits per heavy atom. The molecule has 0 aliphatic heterocycles. The molecule has 0 aliphatic rings. The predicted octanol–water partition coefficient (Wildman–Crippen LogP) is 2.82. The molecule has 0 bridgehead atoms. The van der Waals surface area contributed by atoms with E-state index < -0.39 is 0 Å². The summed E-state index contributed by atoms with van der Waals surface area (Å²) in [6.45, 7) is 1.98. The Morgan fingerprint density at radius 1 is 1.60 bits per heavy atom. The van der Waals surface area contributed by atoms with E-state index in [0.717, 1.165) is 17.7 Å². The van der Waals surface area contributed by atoms with Crippen molar-refractivity contribution >= 4 is 27.3 Å². The van der Waals surface area contributed by atoms with E-state index in [4.69, 9.17) is 0 Å². The topological polar surface area (TPSA) is 45.8 Å². The first kappa shape index (κ1) is 10.6. The van der Waals surface area contributed by atoms with Crippen LogP contribution in [0, 0.1) is 0 Å². The van der Waals surface area contributed by atoms with Gasteiger partial charge in [-0.15, -0.1) is 0 Å². The molecular formula is C10H9BrN2OS. The van der Waals surface area contributed by atoms with Crippen molar-refractivity contribution in [3.05, 3.63) is 37.3 Å². The van der Waals surface area contributed by atoms with Crippen LogP contribution in [0.1, 0.15) is 12.6 Å². The average molecular weight is 285 g/mol. The van der Waals surface area contributed by atoms with E-state index >= 15 is 0 Å². The SMILES string of the molecule is CCc1nc(-c2ccsc2)[nH]c(=O)c1Br. The first-order valence-electron chi connectivity index (χ1n) is 4.53. The van der Waals surface area contributed by atoms with E-state index in [0.29, 0.717) is 10.3 Å². The third kappa shape index (κ3) is 2.03. The summed E-state index contributed by atoms with van der Waals surface area (Å²) in [5.74, 6) is 0.640. The smallest absolute Gasteiger partial charge is 0.265 e. The van der Waals surface area contributed by atoms with Crippen molar-refractivity contribution in [2.75, 3.05) is 0 Å². The minimum absolute atomic E-state index is 0.122. The van der Waals surface area contributed by atoms with Gasteiger partial charge in [0.1, 0.15) is 10.3 Å². The van der Waals surface area contributed by atoms with E-state index in [1.54, 1.807) is 11.3 Å². The number of thiophene rings is 1. The van der Waals surface area contributed by atoms with Crippen LogP contribution in [0.5, 0.6) is 0 Å². The van der Waals surface area contributed by atoms with Crippen LogP contribution in [0.2, 0.25) is 0 Å². The van der Waals surface area contributed by atoms with Crippen LogP contribution in [0.15, 0.2) is 26.1 Å². The minimum atomic E-state index is -0.122. The van der Waals surface area contributed by atoms with Crippen molar-refractivity contribution in [1.29, 1.82) is 0 Å². The highest BCUT2D eigenvalue weighted by atomic mass is 79.9. The summed E-state index contributed by atoms with van der Waals surface area (Å²) in [4.78, 5) is 18.7. The quantitative estimate of drug-likeness (QED) is 0.922. The lowest BCUT2D eigenvalue weighted by Gasteiger charge is -2.02. The van der Waals surface area contributed by atoms with Crippen molar-refractivity contribution in [3.63, 3.8) is 0 Å². The fourth-order valence-corrected chi connectivity index (χ4v) is 2.38. The highest BCUT2D eigenvalue weighted by molar-refractivity contribution is 9.10. The van der Waals surface area contributed by atoms with Crippen LogP contribution in [0.3, 0.4) is 0 Å². The first-order chi connectivity index (χ1) is 7.22. The lowest BCUT2D eigenvalue weighted by atomic mass is 10.3. The van der Waals surface area contributed by atoms with Crippen molar-refractivity contribution < 1.29 is 0 Å². The maximum atomic E-state index is 11.6. The van der Waals surface area contributed by atoms with E-state index in [9.17, 15) is 4.79 Å². The number of hydrogen-bond donors (Lipinski definition) is 1. The molecule has 0 amide bonds. The van der Waals surface area contributed by atoms with Crippen LogP contribution in [0.25, 0.3) is 11.4 Å². The summed E-state index contributed by atoms with van der Waals surface area (Å²) < 4.78 is 0.531. The number of H-pyrrole nitrogens is 1. The summed E-state index contributed by atoms with van der Waals surface area (Å²) in [6, 6.07) is 1.94.